The molecule has 4 heterocycles. The highest BCUT2D eigenvalue weighted by molar-refractivity contribution is 7.99. The standard InChI is InChI=1S/C22H22N4O2S3/c1-14-15(2)31-20-19(14)21(28)26(11-17-6-4-5-8-23-17)22(24-20)30-13-18(27)25(3)10-16-7-9-29-12-16/h4-9,12H,10-11,13H2,1-3H3. The number of rotatable bonds is 7. The summed E-state index contributed by atoms with van der Waals surface area (Å²) in [6, 6.07) is 7.65. The molecule has 31 heavy (non-hydrogen) atoms. The highest BCUT2D eigenvalue weighted by Crippen LogP contribution is 2.28. The molecule has 0 unspecified atom stereocenters. The van der Waals surface area contributed by atoms with E-state index in [1.165, 1.54) is 23.1 Å². The van der Waals surface area contributed by atoms with Gasteiger partial charge in [0.05, 0.1) is 23.4 Å². The lowest BCUT2D eigenvalue weighted by Gasteiger charge is -2.17. The third-order valence-corrected chi connectivity index (χ3v) is 7.84. The molecule has 0 radical (unpaired) electrons. The number of amides is 1. The maximum absolute atomic E-state index is 13.4. The molecular formula is C22H22N4O2S3. The van der Waals surface area contributed by atoms with E-state index in [-0.39, 0.29) is 17.2 Å². The van der Waals surface area contributed by atoms with Crippen molar-refractivity contribution in [2.45, 2.75) is 32.1 Å². The molecule has 4 aromatic heterocycles. The van der Waals surface area contributed by atoms with E-state index in [0.717, 1.165) is 26.5 Å². The Kier molecular flexibility index (Phi) is 6.54. The third kappa shape index (κ3) is 4.73. The van der Waals surface area contributed by atoms with Crippen LogP contribution in [0, 0.1) is 13.8 Å². The molecule has 0 saturated heterocycles. The molecule has 1 amide bonds. The molecule has 0 aliphatic carbocycles. The zero-order chi connectivity index (χ0) is 22.0. The van der Waals surface area contributed by atoms with Crippen LogP contribution in [0.15, 0.2) is 51.2 Å². The molecule has 0 bridgehead atoms. The second-order valence-corrected chi connectivity index (χ2v) is 10.2. The normalized spacial score (nSPS) is 11.2. The van der Waals surface area contributed by atoms with E-state index < -0.39 is 0 Å². The lowest BCUT2D eigenvalue weighted by molar-refractivity contribution is -0.127. The van der Waals surface area contributed by atoms with Crippen molar-refractivity contribution < 1.29 is 4.79 Å². The first-order valence-electron chi connectivity index (χ1n) is 9.72. The van der Waals surface area contributed by atoms with Gasteiger partial charge < -0.3 is 4.90 Å². The van der Waals surface area contributed by atoms with Crippen LogP contribution < -0.4 is 5.56 Å². The summed E-state index contributed by atoms with van der Waals surface area (Å²) >= 11 is 4.44. The predicted octanol–water partition coefficient (Wildman–Crippen LogP) is 4.33. The molecule has 0 aliphatic rings. The minimum absolute atomic E-state index is 0.00604. The molecule has 0 saturated carbocycles. The number of carbonyl (C=O) groups excluding carboxylic acids is 1. The second kappa shape index (κ2) is 9.33. The van der Waals surface area contributed by atoms with E-state index in [1.807, 2.05) is 48.9 Å². The summed E-state index contributed by atoms with van der Waals surface area (Å²) in [5.74, 6) is 0.206. The zero-order valence-electron chi connectivity index (χ0n) is 17.5. The van der Waals surface area contributed by atoms with Crippen molar-refractivity contribution >= 4 is 50.6 Å². The SMILES string of the molecule is Cc1sc2nc(SCC(=O)N(C)Cc3ccsc3)n(Cc3ccccn3)c(=O)c2c1C. The molecule has 4 aromatic rings. The van der Waals surface area contributed by atoms with E-state index in [0.29, 0.717) is 23.6 Å². The summed E-state index contributed by atoms with van der Waals surface area (Å²) in [6.07, 6.45) is 1.71. The number of thiophene rings is 2. The first kappa shape index (κ1) is 21.7. The Labute approximate surface area is 192 Å². The van der Waals surface area contributed by atoms with Gasteiger partial charge in [-0.2, -0.15) is 11.3 Å². The summed E-state index contributed by atoms with van der Waals surface area (Å²) in [5.41, 5.74) is 2.77. The van der Waals surface area contributed by atoms with Crippen LogP contribution in [-0.2, 0) is 17.9 Å². The molecular weight excluding hydrogens is 448 g/mol. The Morgan fingerprint density at radius 2 is 2.10 bits per heavy atom. The Hall–Kier alpha value is -2.49. The molecule has 0 spiro atoms. The third-order valence-electron chi connectivity index (χ3n) is 5.05. The van der Waals surface area contributed by atoms with E-state index in [1.54, 1.807) is 34.0 Å². The summed E-state index contributed by atoms with van der Waals surface area (Å²) in [5, 5.41) is 5.24. The Bertz CT molecular complexity index is 1260. The number of aromatic nitrogens is 3. The minimum Gasteiger partial charge on any atom is -0.341 e. The van der Waals surface area contributed by atoms with Gasteiger partial charge in [-0.3, -0.25) is 19.1 Å². The van der Waals surface area contributed by atoms with Gasteiger partial charge in [-0.05, 0) is 53.9 Å². The van der Waals surface area contributed by atoms with Gasteiger partial charge in [-0.1, -0.05) is 17.8 Å². The fourth-order valence-electron chi connectivity index (χ4n) is 3.19. The topological polar surface area (TPSA) is 68.1 Å². The van der Waals surface area contributed by atoms with E-state index in [4.69, 9.17) is 4.98 Å². The fraction of sp³-hybridized carbons (Fsp3) is 0.273. The molecule has 0 N–H and O–H groups in total. The molecule has 0 aromatic carbocycles. The van der Waals surface area contributed by atoms with Crippen LogP contribution in [0.3, 0.4) is 0 Å². The smallest absolute Gasteiger partial charge is 0.263 e. The van der Waals surface area contributed by atoms with Crippen molar-refractivity contribution in [3.8, 4) is 0 Å². The Morgan fingerprint density at radius 3 is 2.81 bits per heavy atom. The van der Waals surface area contributed by atoms with Crippen LogP contribution in [0.4, 0.5) is 0 Å². The van der Waals surface area contributed by atoms with Crippen molar-refractivity contribution in [2.24, 2.45) is 0 Å². The highest BCUT2D eigenvalue weighted by atomic mass is 32.2. The number of aryl methyl sites for hydroxylation is 2. The first-order chi connectivity index (χ1) is 14.9. The van der Waals surface area contributed by atoms with Gasteiger partial charge in [-0.15, -0.1) is 11.3 Å². The van der Waals surface area contributed by atoms with E-state index in [2.05, 4.69) is 4.98 Å². The number of pyridine rings is 1. The van der Waals surface area contributed by atoms with E-state index >= 15 is 0 Å². The van der Waals surface area contributed by atoms with Crippen molar-refractivity contribution in [3.63, 3.8) is 0 Å². The number of fused-ring (bicyclic) bond motifs is 1. The molecule has 9 heteroatoms. The molecule has 160 valence electrons. The number of thioether (sulfide) groups is 1. The Balaban J connectivity index is 1.63. The van der Waals surface area contributed by atoms with Gasteiger partial charge in [-0.25, -0.2) is 4.98 Å². The van der Waals surface area contributed by atoms with Crippen LogP contribution in [-0.4, -0.2) is 38.1 Å². The monoisotopic (exact) mass is 470 g/mol. The van der Waals surface area contributed by atoms with Gasteiger partial charge in [0.1, 0.15) is 4.83 Å². The number of hydrogen-bond donors (Lipinski definition) is 0. The van der Waals surface area contributed by atoms with Crippen LogP contribution in [0.1, 0.15) is 21.7 Å². The molecule has 0 aliphatic heterocycles. The molecule has 4 rings (SSSR count). The largest absolute Gasteiger partial charge is 0.341 e. The van der Waals surface area contributed by atoms with Gasteiger partial charge in [0.2, 0.25) is 5.91 Å². The molecule has 6 nitrogen and oxygen atoms in total. The quantitative estimate of drug-likeness (QED) is 0.297. The molecule has 0 atom stereocenters. The van der Waals surface area contributed by atoms with Crippen molar-refractivity contribution in [1.29, 1.82) is 0 Å². The van der Waals surface area contributed by atoms with Gasteiger partial charge in [0.25, 0.3) is 5.56 Å². The lowest BCUT2D eigenvalue weighted by atomic mass is 10.2. The number of nitrogens with zero attached hydrogens (tertiary/aromatic N) is 4. The summed E-state index contributed by atoms with van der Waals surface area (Å²) in [4.78, 5) is 38.7. The van der Waals surface area contributed by atoms with Crippen molar-refractivity contribution in [2.75, 3.05) is 12.8 Å². The zero-order valence-corrected chi connectivity index (χ0v) is 19.9. The maximum Gasteiger partial charge on any atom is 0.263 e. The van der Waals surface area contributed by atoms with E-state index in [9.17, 15) is 9.59 Å². The highest BCUT2D eigenvalue weighted by Gasteiger charge is 2.19. The number of hydrogen-bond acceptors (Lipinski definition) is 7. The van der Waals surface area contributed by atoms with Crippen LogP contribution in [0.25, 0.3) is 10.2 Å². The predicted molar refractivity (Wildman–Crippen MR) is 128 cm³/mol. The van der Waals surface area contributed by atoms with Crippen LogP contribution in [0.5, 0.6) is 0 Å². The average molecular weight is 471 g/mol. The minimum atomic E-state index is -0.0842. The maximum atomic E-state index is 13.4. The van der Waals surface area contributed by atoms with Crippen LogP contribution in [0.2, 0.25) is 0 Å². The second-order valence-electron chi connectivity index (χ2n) is 7.24. The summed E-state index contributed by atoms with van der Waals surface area (Å²) < 4.78 is 1.64. The average Bonchev–Trinajstić information content (AvgIpc) is 3.37. The number of carbonyl (C=O) groups is 1. The van der Waals surface area contributed by atoms with Crippen molar-refractivity contribution in [3.05, 3.63) is 73.3 Å². The lowest BCUT2D eigenvalue weighted by Crippen LogP contribution is -2.29. The molecule has 0 fully saturated rings. The van der Waals surface area contributed by atoms with Gasteiger partial charge in [0, 0.05) is 24.7 Å². The van der Waals surface area contributed by atoms with Crippen LogP contribution >= 0.6 is 34.4 Å². The van der Waals surface area contributed by atoms with Crippen molar-refractivity contribution in [1.82, 2.24) is 19.4 Å². The fourth-order valence-corrected chi connectivity index (χ4v) is 5.86. The van der Waals surface area contributed by atoms with Gasteiger partial charge >= 0.3 is 0 Å². The summed E-state index contributed by atoms with van der Waals surface area (Å²) in [6.45, 7) is 4.84. The van der Waals surface area contributed by atoms with Gasteiger partial charge in [0.15, 0.2) is 5.16 Å². The Morgan fingerprint density at radius 1 is 1.26 bits per heavy atom. The summed E-state index contributed by atoms with van der Waals surface area (Å²) in [7, 11) is 1.80. The first-order valence-corrected chi connectivity index (χ1v) is 12.5.